The van der Waals surface area contributed by atoms with Crippen LogP contribution in [-0.2, 0) is 0 Å². The number of hydrogen-bond acceptors (Lipinski definition) is 1. The summed E-state index contributed by atoms with van der Waals surface area (Å²) in [7, 11) is 0. The molecule has 0 unspecified atom stereocenters. The van der Waals surface area contributed by atoms with Gasteiger partial charge in [0.1, 0.15) is 5.41 Å². The van der Waals surface area contributed by atoms with Crippen molar-refractivity contribution in [2.45, 2.75) is 30.5 Å². The van der Waals surface area contributed by atoms with Crippen molar-refractivity contribution in [3.05, 3.63) is 0 Å². The van der Waals surface area contributed by atoms with E-state index in [4.69, 9.17) is 5.73 Å². The minimum absolute atomic E-state index is 0.628. The molecule has 0 aromatic heterocycles. The molecular formula is C6H6F5N. The van der Waals surface area contributed by atoms with E-state index in [1.165, 1.54) is 0 Å². The van der Waals surface area contributed by atoms with Crippen molar-refractivity contribution in [2.75, 3.05) is 0 Å². The Bertz CT molecular complexity index is 237. The van der Waals surface area contributed by atoms with Gasteiger partial charge in [0.25, 0.3) is 5.92 Å². The van der Waals surface area contributed by atoms with Crippen LogP contribution in [0.5, 0.6) is 0 Å². The van der Waals surface area contributed by atoms with Crippen molar-refractivity contribution in [2.24, 2.45) is 11.1 Å². The van der Waals surface area contributed by atoms with Gasteiger partial charge in [0.05, 0.1) is 5.54 Å². The van der Waals surface area contributed by atoms with Crippen LogP contribution >= 0.6 is 0 Å². The molecule has 3 fully saturated rings. The van der Waals surface area contributed by atoms with Crippen LogP contribution in [0, 0.1) is 5.41 Å². The first-order valence-electron chi connectivity index (χ1n) is 3.40. The molecule has 6 heteroatoms. The normalized spacial score (nSPS) is 49.5. The molecule has 0 spiro atoms. The Kier molecular flexibility index (Phi) is 1.02. The summed E-state index contributed by atoms with van der Waals surface area (Å²) < 4.78 is 61.5. The van der Waals surface area contributed by atoms with Crippen LogP contribution in [-0.4, -0.2) is 17.6 Å². The minimum Gasteiger partial charge on any atom is -0.320 e. The van der Waals surface area contributed by atoms with E-state index in [0.29, 0.717) is 0 Å². The van der Waals surface area contributed by atoms with Crippen molar-refractivity contribution < 1.29 is 22.0 Å². The third-order valence-electron chi connectivity index (χ3n) is 3.00. The van der Waals surface area contributed by atoms with Gasteiger partial charge >= 0.3 is 6.18 Å². The molecule has 70 valence electrons. The van der Waals surface area contributed by atoms with Gasteiger partial charge in [-0.2, -0.15) is 13.2 Å². The van der Waals surface area contributed by atoms with E-state index in [9.17, 15) is 22.0 Å². The van der Waals surface area contributed by atoms with Crippen molar-refractivity contribution >= 4 is 0 Å². The van der Waals surface area contributed by atoms with E-state index in [2.05, 4.69) is 0 Å². The molecule has 0 aliphatic heterocycles. The van der Waals surface area contributed by atoms with Crippen LogP contribution in [0.15, 0.2) is 0 Å². The molecule has 0 aromatic carbocycles. The number of alkyl halides is 5. The summed E-state index contributed by atoms with van der Waals surface area (Å²) in [6, 6.07) is 0. The lowest BCUT2D eigenvalue weighted by Gasteiger charge is -2.73. The molecule has 3 aliphatic rings. The van der Waals surface area contributed by atoms with Crippen molar-refractivity contribution in [1.29, 1.82) is 0 Å². The highest BCUT2D eigenvalue weighted by Gasteiger charge is 2.95. The molecule has 0 radical (unpaired) electrons. The molecule has 3 rings (SSSR count). The van der Waals surface area contributed by atoms with E-state index < -0.39 is 35.9 Å². The summed E-state index contributed by atoms with van der Waals surface area (Å²) >= 11 is 0. The molecule has 0 amide bonds. The second-order valence-electron chi connectivity index (χ2n) is 3.66. The maximum Gasteiger partial charge on any atom is 0.400 e. The van der Waals surface area contributed by atoms with Crippen LogP contribution in [0.4, 0.5) is 22.0 Å². The second kappa shape index (κ2) is 1.49. The van der Waals surface area contributed by atoms with E-state index in [1.807, 2.05) is 0 Å². The Balaban J connectivity index is 2.32. The first kappa shape index (κ1) is 8.22. The highest BCUT2D eigenvalue weighted by Crippen LogP contribution is 2.79. The molecule has 2 bridgehead atoms. The summed E-state index contributed by atoms with van der Waals surface area (Å²) in [6.45, 7) is 0. The van der Waals surface area contributed by atoms with Gasteiger partial charge in [0.2, 0.25) is 0 Å². The average molecular weight is 187 g/mol. The summed E-state index contributed by atoms with van der Waals surface area (Å²) in [5.41, 5.74) is 0.328. The van der Waals surface area contributed by atoms with Crippen LogP contribution < -0.4 is 5.73 Å². The van der Waals surface area contributed by atoms with Crippen molar-refractivity contribution in [3.63, 3.8) is 0 Å². The van der Waals surface area contributed by atoms with Gasteiger partial charge in [-0.3, -0.25) is 0 Å². The van der Waals surface area contributed by atoms with Crippen LogP contribution in [0.2, 0.25) is 0 Å². The van der Waals surface area contributed by atoms with Gasteiger partial charge in [-0.1, -0.05) is 0 Å². The number of hydrogen-bond donors (Lipinski definition) is 1. The van der Waals surface area contributed by atoms with Gasteiger partial charge in [-0.05, 0) is 12.8 Å². The molecule has 0 atom stereocenters. The molecule has 1 nitrogen and oxygen atoms in total. The standard InChI is InChI=1S/C6H6F5N/c7-5(8)3(6(9,10)11)1-4(5,12)2-3/h1-2,12H2. The molecule has 3 aliphatic carbocycles. The highest BCUT2D eigenvalue weighted by molar-refractivity contribution is 5.35. The predicted molar refractivity (Wildman–Crippen MR) is 29.6 cm³/mol. The third-order valence-corrected chi connectivity index (χ3v) is 3.00. The second-order valence-corrected chi connectivity index (χ2v) is 3.66. The zero-order chi connectivity index (χ0) is 9.41. The van der Waals surface area contributed by atoms with Crippen LogP contribution in [0.1, 0.15) is 12.8 Å². The van der Waals surface area contributed by atoms with Gasteiger partial charge in [-0.25, -0.2) is 8.78 Å². The third kappa shape index (κ3) is 0.478. The molecule has 0 saturated heterocycles. The van der Waals surface area contributed by atoms with Gasteiger partial charge in [0.15, 0.2) is 0 Å². The summed E-state index contributed by atoms with van der Waals surface area (Å²) in [4.78, 5) is 0. The molecular weight excluding hydrogens is 181 g/mol. The van der Waals surface area contributed by atoms with E-state index in [1.54, 1.807) is 0 Å². The Labute approximate surface area is 64.7 Å². The fraction of sp³-hybridized carbons (Fsp3) is 1.00. The zero-order valence-electron chi connectivity index (χ0n) is 5.88. The lowest BCUT2D eigenvalue weighted by molar-refractivity contribution is -0.452. The number of halogens is 5. The minimum atomic E-state index is -4.82. The lowest BCUT2D eigenvalue weighted by atomic mass is 9.36. The average Bonchev–Trinajstić information content (AvgIpc) is 1.79. The van der Waals surface area contributed by atoms with Crippen molar-refractivity contribution in [3.8, 4) is 0 Å². The molecule has 0 aromatic rings. The van der Waals surface area contributed by atoms with Gasteiger partial charge in [0, 0.05) is 0 Å². The van der Waals surface area contributed by atoms with Gasteiger partial charge < -0.3 is 5.73 Å². The molecule has 3 saturated carbocycles. The topological polar surface area (TPSA) is 26.0 Å². The lowest BCUT2D eigenvalue weighted by Crippen LogP contribution is -2.91. The monoisotopic (exact) mass is 187 g/mol. The fourth-order valence-electron chi connectivity index (χ4n) is 2.11. The summed E-state index contributed by atoms with van der Waals surface area (Å²) in [5, 5.41) is 0. The van der Waals surface area contributed by atoms with Crippen LogP contribution in [0.3, 0.4) is 0 Å². The molecule has 12 heavy (non-hydrogen) atoms. The highest BCUT2D eigenvalue weighted by atomic mass is 19.4. The maximum absolute atomic E-state index is 12.7. The number of nitrogens with two attached hydrogens (primary N) is 1. The fourth-order valence-corrected chi connectivity index (χ4v) is 2.11. The molecule has 0 heterocycles. The largest absolute Gasteiger partial charge is 0.400 e. The summed E-state index contributed by atoms with van der Waals surface area (Å²) in [5.74, 6) is -3.75. The Morgan fingerprint density at radius 3 is 1.58 bits per heavy atom. The Morgan fingerprint density at radius 1 is 1.08 bits per heavy atom. The Hall–Kier alpha value is -0.390. The zero-order valence-corrected chi connectivity index (χ0v) is 5.88. The molecule has 2 N–H and O–H groups in total. The van der Waals surface area contributed by atoms with E-state index in [-0.39, 0.29) is 0 Å². The quantitative estimate of drug-likeness (QED) is 0.573. The van der Waals surface area contributed by atoms with Crippen molar-refractivity contribution in [1.82, 2.24) is 0 Å². The van der Waals surface area contributed by atoms with Crippen LogP contribution in [0.25, 0.3) is 0 Å². The first-order valence-corrected chi connectivity index (χ1v) is 3.40. The van der Waals surface area contributed by atoms with Gasteiger partial charge in [-0.15, -0.1) is 0 Å². The maximum atomic E-state index is 12.7. The SMILES string of the molecule is NC12CC(C(F)(F)F)(C1)C2(F)F. The smallest absolute Gasteiger partial charge is 0.320 e. The van der Waals surface area contributed by atoms with E-state index in [0.717, 1.165) is 0 Å². The first-order chi connectivity index (χ1) is 5.16. The van der Waals surface area contributed by atoms with E-state index >= 15 is 0 Å². The number of rotatable bonds is 0. The Morgan fingerprint density at radius 2 is 1.50 bits per heavy atom. The predicted octanol–water partition coefficient (Wildman–Crippen LogP) is 1.68. The summed E-state index contributed by atoms with van der Waals surface area (Å²) in [6.07, 6.45) is -6.08.